The molecular formula is C14H20N4O2. The molecule has 0 atom stereocenters. The second kappa shape index (κ2) is 5.58. The van der Waals surface area contributed by atoms with E-state index in [9.17, 15) is 4.79 Å². The molecule has 2 heterocycles. The van der Waals surface area contributed by atoms with E-state index in [1.54, 1.807) is 0 Å². The van der Waals surface area contributed by atoms with Gasteiger partial charge in [-0.05, 0) is 33.8 Å². The Kier molecular flexibility index (Phi) is 4.04. The number of carboxylic acid groups (broad SMARTS) is 1. The highest BCUT2D eigenvalue weighted by Gasteiger charge is 2.16. The molecule has 0 spiro atoms. The molecular weight excluding hydrogens is 256 g/mol. The van der Waals surface area contributed by atoms with Crippen molar-refractivity contribution in [2.75, 3.05) is 6.54 Å². The van der Waals surface area contributed by atoms with Gasteiger partial charge in [-0.2, -0.15) is 0 Å². The number of rotatable bonds is 5. The fourth-order valence-electron chi connectivity index (χ4n) is 2.20. The maximum absolute atomic E-state index is 10.9. The van der Waals surface area contributed by atoms with Gasteiger partial charge in [0, 0.05) is 30.2 Å². The van der Waals surface area contributed by atoms with Crippen LogP contribution in [0.4, 0.5) is 0 Å². The molecule has 2 aromatic rings. The van der Waals surface area contributed by atoms with E-state index < -0.39 is 5.97 Å². The summed E-state index contributed by atoms with van der Waals surface area (Å²) in [6, 6.07) is 2.14. The van der Waals surface area contributed by atoms with Crippen molar-refractivity contribution < 1.29 is 9.90 Å². The van der Waals surface area contributed by atoms with Crippen LogP contribution in [0.15, 0.2) is 12.3 Å². The summed E-state index contributed by atoms with van der Waals surface area (Å²) in [5.74, 6) is -0.163. The first kappa shape index (κ1) is 14.5. The third-order valence-electron chi connectivity index (χ3n) is 3.25. The second-order valence-electron chi connectivity index (χ2n) is 5.33. The normalized spacial score (nSPS) is 11.7. The first-order chi connectivity index (χ1) is 9.36. The molecule has 0 amide bonds. The summed E-state index contributed by atoms with van der Waals surface area (Å²) in [6.45, 7) is 8.42. The van der Waals surface area contributed by atoms with E-state index in [0.717, 1.165) is 17.1 Å². The zero-order valence-corrected chi connectivity index (χ0v) is 12.3. The fraction of sp³-hybridized carbons (Fsp3) is 0.500. The Balaban J connectivity index is 2.28. The Morgan fingerprint density at radius 2 is 2.10 bits per heavy atom. The van der Waals surface area contributed by atoms with Gasteiger partial charge in [0.25, 0.3) is 0 Å². The summed E-state index contributed by atoms with van der Waals surface area (Å²) in [6.07, 6.45) is 1.92. The molecule has 6 heteroatoms. The molecule has 2 aromatic heterocycles. The van der Waals surface area contributed by atoms with E-state index in [2.05, 4.69) is 9.97 Å². The molecule has 2 rings (SSSR count). The highest BCUT2D eigenvalue weighted by molar-refractivity contribution is 5.69. The Bertz CT molecular complexity index is 633. The molecule has 0 aliphatic rings. The number of hydrogen-bond donors (Lipinski definition) is 1. The molecule has 0 aromatic carbocycles. The summed E-state index contributed by atoms with van der Waals surface area (Å²) >= 11 is 0. The minimum Gasteiger partial charge on any atom is -0.480 e. The van der Waals surface area contributed by atoms with E-state index in [1.165, 1.54) is 0 Å². The van der Waals surface area contributed by atoms with E-state index in [1.807, 2.05) is 49.3 Å². The number of aromatic nitrogens is 3. The number of carboxylic acids is 1. The van der Waals surface area contributed by atoms with Gasteiger partial charge >= 0.3 is 5.97 Å². The maximum Gasteiger partial charge on any atom is 0.317 e. The average molecular weight is 276 g/mol. The zero-order valence-electron chi connectivity index (χ0n) is 12.3. The third kappa shape index (κ3) is 3.14. The third-order valence-corrected chi connectivity index (χ3v) is 3.25. The van der Waals surface area contributed by atoms with E-state index in [-0.39, 0.29) is 12.6 Å². The van der Waals surface area contributed by atoms with E-state index in [4.69, 9.17) is 5.11 Å². The van der Waals surface area contributed by atoms with Crippen LogP contribution in [0.3, 0.4) is 0 Å². The van der Waals surface area contributed by atoms with Crippen LogP contribution < -0.4 is 0 Å². The molecule has 0 saturated heterocycles. The largest absolute Gasteiger partial charge is 0.480 e. The number of fused-ring (bicyclic) bond motifs is 1. The zero-order chi connectivity index (χ0) is 14.9. The van der Waals surface area contributed by atoms with Crippen LogP contribution in [0.25, 0.3) is 5.78 Å². The van der Waals surface area contributed by atoms with Gasteiger partial charge in [0.05, 0.1) is 12.2 Å². The Labute approximate surface area is 118 Å². The van der Waals surface area contributed by atoms with Crippen LogP contribution in [0.1, 0.15) is 30.9 Å². The predicted molar refractivity (Wildman–Crippen MR) is 75.6 cm³/mol. The molecule has 1 N–H and O–H groups in total. The van der Waals surface area contributed by atoms with Crippen LogP contribution in [-0.4, -0.2) is 42.9 Å². The van der Waals surface area contributed by atoms with Crippen molar-refractivity contribution in [1.29, 1.82) is 0 Å². The number of hydrogen-bond acceptors (Lipinski definition) is 4. The standard InChI is InChI=1S/C14H20N4O2/c1-9(2)17(8-13(19)20)6-12-7-18-11(4)5-10(3)15-14(18)16-12/h5,7,9H,6,8H2,1-4H3,(H,19,20). The Morgan fingerprint density at radius 1 is 1.40 bits per heavy atom. The summed E-state index contributed by atoms with van der Waals surface area (Å²) in [7, 11) is 0. The van der Waals surface area contributed by atoms with Crippen LogP contribution in [-0.2, 0) is 11.3 Å². The lowest BCUT2D eigenvalue weighted by atomic mass is 10.3. The summed E-state index contributed by atoms with van der Waals surface area (Å²) in [5.41, 5.74) is 2.83. The first-order valence-corrected chi connectivity index (χ1v) is 6.65. The molecule has 6 nitrogen and oxygen atoms in total. The molecule has 0 aliphatic heterocycles. The molecule has 0 aliphatic carbocycles. The number of aliphatic carboxylic acids is 1. The number of aryl methyl sites for hydroxylation is 2. The van der Waals surface area contributed by atoms with Crippen molar-refractivity contribution in [2.24, 2.45) is 0 Å². The smallest absolute Gasteiger partial charge is 0.317 e. The van der Waals surface area contributed by atoms with E-state index >= 15 is 0 Å². The summed E-state index contributed by atoms with van der Waals surface area (Å²) < 4.78 is 1.93. The predicted octanol–water partition coefficient (Wildman–Crippen LogP) is 1.64. The van der Waals surface area contributed by atoms with Gasteiger partial charge < -0.3 is 5.11 Å². The molecule has 20 heavy (non-hydrogen) atoms. The number of imidazole rings is 1. The van der Waals surface area contributed by atoms with Crippen molar-refractivity contribution in [2.45, 2.75) is 40.3 Å². The van der Waals surface area contributed by atoms with Crippen molar-refractivity contribution in [3.8, 4) is 0 Å². The molecule has 0 fully saturated rings. The summed E-state index contributed by atoms with van der Waals surface area (Å²) in [5, 5.41) is 8.95. The van der Waals surface area contributed by atoms with E-state index in [0.29, 0.717) is 12.3 Å². The lowest BCUT2D eigenvalue weighted by molar-refractivity contribution is -0.138. The van der Waals surface area contributed by atoms with Crippen molar-refractivity contribution >= 4 is 11.7 Å². The second-order valence-corrected chi connectivity index (χ2v) is 5.33. The van der Waals surface area contributed by atoms with Gasteiger partial charge in [-0.1, -0.05) is 0 Å². The lowest BCUT2D eigenvalue weighted by Gasteiger charge is -2.23. The van der Waals surface area contributed by atoms with Gasteiger partial charge in [0.1, 0.15) is 0 Å². The monoisotopic (exact) mass is 276 g/mol. The van der Waals surface area contributed by atoms with Crippen LogP contribution >= 0.6 is 0 Å². The first-order valence-electron chi connectivity index (χ1n) is 6.65. The van der Waals surface area contributed by atoms with Crippen molar-refractivity contribution in [3.63, 3.8) is 0 Å². The quantitative estimate of drug-likeness (QED) is 0.899. The van der Waals surface area contributed by atoms with Crippen LogP contribution in [0.5, 0.6) is 0 Å². The molecule has 0 saturated carbocycles. The minimum atomic E-state index is -0.826. The summed E-state index contributed by atoms with van der Waals surface area (Å²) in [4.78, 5) is 21.6. The Morgan fingerprint density at radius 3 is 2.70 bits per heavy atom. The SMILES string of the molecule is Cc1cc(C)n2cc(CN(CC(=O)O)C(C)C)nc2n1. The molecule has 0 unspecified atom stereocenters. The maximum atomic E-state index is 10.9. The molecule has 0 bridgehead atoms. The number of nitrogens with zero attached hydrogens (tertiary/aromatic N) is 4. The highest BCUT2D eigenvalue weighted by Crippen LogP contribution is 2.11. The van der Waals surface area contributed by atoms with Gasteiger partial charge in [-0.3, -0.25) is 14.1 Å². The highest BCUT2D eigenvalue weighted by atomic mass is 16.4. The Hall–Kier alpha value is -1.95. The van der Waals surface area contributed by atoms with Crippen LogP contribution in [0, 0.1) is 13.8 Å². The lowest BCUT2D eigenvalue weighted by Crippen LogP contribution is -2.35. The minimum absolute atomic E-state index is 0.0109. The van der Waals surface area contributed by atoms with Crippen molar-refractivity contribution in [1.82, 2.24) is 19.3 Å². The topological polar surface area (TPSA) is 70.7 Å². The van der Waals surface area contributed by atoms with Gasteiger partial charge in [-0.25, -0.2) is 9.97 Å². The van der Waals surface area contributed by atoms with Crippen LogP contribution in [0.2, 0.25) is 0 Å². The van der Waals surface area contributed by atoms with Crippen molar-refractivity contribution in [3.05, 3.63) is 29.3 Å². The van der Waals surface area contributed by atoms with Gasteiger partial charge in [0.2, 0.25) is 5.78 Å². The van der Waals surface area contributed by atoms with Gasteiger partial charge in [0.15, 0.2) is 0 Å². The average Bonchev–Trinajstić information content (AvgIpc) is 2.70. The van der Waals surface area contributed by atoms with Gasteiger partial charge in [-0.15, -0.1) is 0 Å². The number of carbonyl (C=O) groups is 1. The fourth-order valence-corrected chi connectivity index (χ4v) is 2.20. The molecule has 108 valence electrons. The molecule has 0 radical (unpaired) electrons.